The van der Waals surface area contributed by atoms with Crippen molar-refractivity contribution in [1.29, 1.82) is 0 Å². The second-order valence-corrected chi connectivity index (χ2v) is 4.98. The van der Waals surface area contributed by atoms with Crippen LogP contribution in [0.4, 0.5) is 4.79 Å². The lowest BCUT2D eigenvalue weighted by atomic mass is 10.2. The molecule has 0 saturated carbocycles. The van der Waals surface area contributed by atoms with E-state index in [4.69, 9.17) is 9.26 Å². The van der Waals surface area contributed by atoms with Gasteiger partial charge in [0.1, 0.15) is 11.3 Å². The lowest BCUT2D eigenvalue weighted by Crippen LogP contribution is -2.34. The predicted octanol–water partition coefficient (Wildman–Crippen LogP) is 2.05. The Balaban J connectivity index is 2.63. The smallest absolute Gasteiger partial charge is 0.408 e. The van der Waals surface area contributed by atoms with Gasteiger partial charge in [0.05, 0.1) is 13.2 Å². The summed E-state index contributed by atoms with van der Waals surface area (Å²) in [5.41, 5.74) is -0.170. The van der Waals surface area contributed by atoms with Crippen LogP contribution < -0.4 is 5.32 Å². The van der Waals surface area contributed by atoms with Gasteiger partial charge in [-0.15, -0.1) is 0 Å². The summed E-state index contributed by atoms with van der Waals surface area (Å²) in [5.74, 6) is -0.640. The van der Waals surface area contributed by atoms with Gasteiger partial charge in [-0.05, 0) is 27.7 Å². The highest BCUT2D eigenvalue weighted by atomic mass is 16.6. The molecule has 106 valence electrons. The van der Waals surface area contributed by atoms with Crippen LogP contribution >= 0.6 is 0 Å². The van der Waals surface area contributed by atoms with E-state index in [1.54, 1.807) is 27.7 Å². The van der Waals surface area contributed by atoms with Crippen molar-refractivity contribution in [3.05, 3.63) is 17.5 Å². The van der Waals surface area contributed by atoms with E-state index in [2.05, 4.69) is 15.2 Å². The Labute approximate surface area is 111 Å². The minimum atomic E-state index is -0.622. The Morgan fingerprint density at radius 3 is 2.58 bits per heavy atom. The lowest BCUT2D eigenvalue weighted by molar-refractivity contribution is 0.0502. The fourth-order valence-corrected chi connectivity index (χ4v) is 1.25. The van der Waals surface area contributed by atoms with Crippen molar-refractivity contribution in [3.63, 3.8) is 0 Å². The molecule has 1 aromatic heterocycles. The Morgan fingerprint density at radius 1 is 1.42 bits per heavy atom. The van der Waals surface area contributed by atoms with Crippen molar-refractivity contribution < 1.29 is 23.6 Å². The molecule has 0 aliphatic rings. The molecule has 0 fully saturated rings. The fraction of sp³-hybridized carbons (Fsp3) is 0.583. The van der Waals surface area contributed by atoms with Crippen LogP contribution in [0.1, 0.15) is 50.0 Å². The molecule has 1 aromatic rings. The minimum absolute atomic E-state index is 0.0182. The monoisotopic (exact) mass is 270 g/mol. The summed E-state index contributed by atoms with van der Waals surface area (Å²) in [6.45, 7) is 7.00. The van der Waals surface area contributed by atoms with Crippen molar-refractivity contribution in [2.24, 2.45) is 0 Å². The highest BCUT2D eigenvalue weighted by molar-refractivity contribution is 5.86. The molecule has 1 N–H and O–H groups in total. The van der Waals surface area contributed by atoms with Crippen molar-refractivity contribution in [3.8, 4) is 0 Å². The number of aromatic nitrogens is 1. The van der Waals surface area contributed by atoms with Gasteiger partial charge in [-0.25, -0.2) is 9.59 Å². The van der Waals surface area contributed by atoms with Gasteiger partial charge in [0.15, 0.2) is 0 Å². The number of nitrogens with one attached hydrogen (secondary N) is 1. The number of alkyl carbamates (subject to hydrolysis) is 1. The van der Waals surface area contributed by atoms with E-state index in [0.717, 1.165) is 0 Å². The zero-order valence-corrected chi connectivity index (χ0v) is 11.6. The van der Waals surface area contributed by atoms with Gasteiger partial charge in [0.2, 0.25) is 5.76 Å². The summed E-state index contributed by atoms with van der Waals surface area (Å²) in [7, 11) is 1.24. The van der Waals surface area contributed by atoms with E-state index in [1.165, 1.54) is 13.2 Å². The number of carbonyl (C=O) groups is 2. The maximum atomic E-state index is 11.6. The zero-order chi connectivity index (χ0) is 14.6. The maximum absolute atomic E-state index is 11.6. The van der Waals surface area contributed by atoms with Crippen LogP contribution in [0.3, 0.4) is 0 Å². The van der Waals surface area contributed by atoms with Gasteiger partial charge in [-0.2, -0.15) is 0 Å². The van der Waals surface area contributed by atoms with Gasteiger partial charge in [-0.3, -0.25) is 0 Å². The molecule has 7 heteroatoms. The molecule has 1 atom stereocenters. The molecule has 7 nitrogen and oxygen atoms in total. The zero-order valence-electron chi connectivity index (χ0n) is 11.6. The summed E-state index contributed by atoms with van der Waals surface area (Å²) in [5, 5.41) is 6.28. The molecular weight excluding hydrogens is 252 g/mol. The minimum Gasteiger partial charge on any atom is -0.463 e. The number of carbonyl (C=O) groups excluding carboxylic acids is 2. The average Bonchev–Trinajstić information content (AvgIpc) is 2.74. The maximum Gasteiger partial charge on any atom is 0.408 e. The SMILES string of the molecule is COC(=O)c1cc(C(C)NC(=O)OC(C)(C)C)no1. The van der Waals surface area contributed by atoms with Gasteiger partial charge >= 0.3 is 12.1 Å². The molecule has 0 aliphatic carbocycles. The number of ether oxygens (including phenoxy) is 2. The Morgan fingerprint density at radius 2 is 2.05 bits per heavy atom. The molecular formula is C12H18N2O5. The first-order valence-electron chi connectivity index (χ1n) is 5.77. The average molecular weight is 270 g/mol. The molecule has 0 bridgehead atoms. The first-order chi connectivity index (χ1) is 8.73. The third-order valence-electron chi connectivity index (χ3n) is 2.09. The van der Waals surface area contributed by atoms with Gasteiger partial charge in [0.25, 0.3) is 0 Å². The summed E-state index contributed by atoms with van der Waals surface area (Å²) < 4.78 is 14.4. The van der Waals surface area contributed by atoms with Crippen molar-refractivity contribution >= 4 is 12.1 Å². The second kappa shape index (κ2) is 5.73. The fourth-order valence-electron chi connectivity index (χ4n) is 1.25. The number of hydrogen-bond donors (Lipinski definition) is 1. The number of amides is 1. The Kier molecular flexibility index (Phi) is 4.52. The van der Waals surface area contributed by atoms with E-state index >= 15 is 0 Å². The predicted molar refractivity (Wildman–Crippen MR) is 65.6 cm³/mol. The van der Waals surface area contributed by atoms with Crippen LogP contribution in [0.2, 0.25) is 0 Å². The molecule has 0 aromatic carbocycles. The first-order valence-corrected chi connectivity index (χ1v) is 5.77. The number of esters is 1. The van der Waals surface area contributed by atoms with Crippen LogP contribution in [0, 0.1) is 0 Å². The van der Waals surface area contributed by atoms with E-state index in [-0.39, 0.29) is 5.76 Å². The molecule has 1 heterocycles. The Bertz CT molecular complexity index is 461. The van der Waals surface area contributed by atoms with Gasteiger partial charge in [-0.1, -0.05) is 5.16 Å². The van der Waals surface area contributed by atoms with Crippen LogP contribution in [0.5, 0.6) is 0 Å². The second-order valence-electron chi connectivity index (χ2n) is 4.98. The third-order valence-corrected chi connectivity index (χ3v) is 2.09. The highest BCUT2D eigenvalue weighted by Gasteiger charge is 2.21. The number of nitrogens with zero attached hydrogens (tertiary/aromatic N) is 1. The third kappa shape index (κ3) is 4.61. The van der Waals surface area contributed by atoms with E-state index in [9.17, 15) is 9.59 Å². The van der Waals surface area contributed by atoms with Crippen LogP contribution in [-0.4, -0.2) is 29.9 Å². The molecule has 19 heavy (non-hydrogen) atoms. The number of hydrogen-bond acceptors (Lipinski definition) is 6. The first kappa shape index (κ1) is 15.0. The summed E-state index contributed by atoms with van der Waals surface area (Å²) >= 11 is 0. The van der Waals surface area contributed by atoms with E-state index in [0.29, 0.717) is 5.69 Å². The van der Waals surface area contributed by atoms with E-state index in [1.807, 2.05) is 0 Å². The molecule has 1 rings (SSSR count). The number of methoxy groups -OCH3 is 1. The highest BCUT2D eigenvalue weighted by Crippen LogP contribution is 2.14. The van der Waals surface area contributed by atoms with Crippen molar-refractivity contribution in [2.75, 3.05) is 7.11 Å². The van der Waals surface area contributed by atoms with Gasteiger partial charge in [0, 0.05) is 6.07 Å². The lowest BCUT2D eigenvalue weighted by Gasteiger charge is -2.21. The van der Waals surface area contributed by atoms with E-state index < -0.39 is 23.7 Å². The number of rotatable bonds is 3. The normalized spacial score (nSPS) is 12.7. The molecule has 0 saturated heterocycles. The van der Waals surface area contributed by atoms with Crippen molar-refractivity contribution in [2.45, 2.75) is 39.3 Å². The summed E-state index contributed by atoms with van der Waals surface area (Å²) in [4.78, 5) is 22.7. The van der Waals surface area contributed by atoms with Gasteiger partial charge < -0.3 is 19.3 Å². The summed E-state index contributed by atoms with van der Waals surface area (Å²) in [6, 6.07) is 0.963. The standard InChI is InChI=1S/C12H18N2O5/c1-7(13-11(16)18-12(2,3)4)8-6-9(19-14-8)10(15)17-5/h6-7H,1-5H3,(H,13,16). The van der Waals surface area contributed by atoms with Crippen molar-refractivity contribution in [1.82, 2.24) is 10.5 Å². The quantitative estimate of drug-likeness (QED) is 0.845. The van der Waals surface area contributed by atoms with Crippen LogP contribution in [-0.2, 0) is 9.47 Å². The molecule has 1 unspecified atom stereocenters. The molecule has 0 spiro atoms. The largest absolute Gasteiger partial charge is 0.463 e. The molecule has 0 radical (unpaired) electrons. The van der Waals surface area contributed by atoms with Crippen LogP contribution in [0.25, 0.3) is 0 Å². The topological polar surface area (TPSA) is 90.7 Å². The van der Waals surface area contributed by atoms with Crippen LogP contribution in [0.15, 0.2) is 10.6 Å². The molecule has 1 amide bonds. The molecule has 0 aliphatic heterocycles. The Hall–Kier alpha value is -2.05. The summed E-state index contributed by atoms with van der Waals surface area (Å²) in [6.07, 6.45) is -0.567.